The third-order valence-electron chi connectivity index (χ3n) is 4.69. The molecule has 1 unspecified atom stereocenters. The van der Waals surface area contributed by atoms with Crippen LogP contribution in [0.15, 0.2) is 30.5 Å². The van der Waals surface area contributed by atoms with Crippen molar-refractivity contribution >= 4 is 11.6 Å². The standard InChI is InChI=1S/C19H26N4O/c1-3-11-19(2,20)18(24)22-15-9-7-14(8-10-15)17-21-13-16-6-4-5-12-23(16)17/h7-10,13H,3-6,11-12,20H2,1-2H3,(H,22,24). The van der Waals surface area contributed by atoms with Gasteiger partial charge in [0.15, 0.2) is 0 Å². The Morgan fingerprint density at radius 3 is 2.79 bits per heavy atom. The molecule has 2 aromatic rings. The zero-order chi connectivity index (χ0) is 17.2. The first-order valence-corrected chi connectivity index (χ1v) is 8.76. The second kappa shape index (κ2) is 6.77. The molecule has 5 heteroatoms. The molecule has 2 heterocycles. The highest BCUT2D eigenvalue weighted by Gasteiger charge is 2.27. The second-order valence-electron chi connectivity index (χ2n) is 6.88. The summed E-state index contributed by atoms with van der Waals surface area (Å²) in [7, 11) is 0. The first-order chi connectivity index (χ1) is 11.5. The molecule has 1 aromatic carbocycles. The predicted octanol–water partition coefficient (Wildman–Crippen LogP) is 3.34. The maximum absolute atomic E-state index is 12.3. The number of aromatic nitrogens is 2. The molecule has 0 saturated heterocycles. The Bertz CT molecular complexity index is 715. The van der Waals surface area contributed by atoms with E-state index >= 15 is 0 Å². The highest BCUT2D eigenvalue weighted by molar-refractivity contribution is 5.97. The lowest BCUT2D eigenvalue weighted by molar-refractivity contribution is -0.120. The van der Waals surface area contributed by atoms with Crippen molar-refractivity contribution in [2.75, 3.05) is 5.32 Å². The molecule has 0 spiro atoms. The number of nitrogens with zero attached hydrogens (tertiary/aromatic N) is 2. The average Bonchev–Trinajstić information content (AvgIpc) is 2.99. The zero-order valence-corrected chi connectivity index (χ0v) is 14.5. The van der Waals surface area contributed by atoms with Gasteiger partial charge in [0.25, 0.3) is 0 Å². The van der Waals surface area contributed by atoms with Gasteiger partial charge in [0.05, 0.1) is 5.54 Å². The average molecular weight is 326 g/mol. The van der Waals surface area contributed by atoms with Crippen LogP contribution in [0.4, 0.5) is 5.69 Å². The summed E-state index contributed by atoms with van der Waals surface area (Å²) in [6, 6.07) is 7.85. The summed E-state index contributed by atoms with van der Waals surface area (Å²) in [5.74, 6) is 0.868. The number of nitrogens with two attached hydrogens (primary N) is 1. The number of rotatable bonds is 5. The minimum atomic E-state index is -0.838. The molecular formula is C19H26N4O. The van der Waals surface area contributed by atoms with Gasteiger partial charge in [0.2, 0.25) is 5.91 Å². The molecular weight excluding hydrogens is 300 g/mol. The fourth-order valence-electron chi connectivity index (χ4n) is 3.28. The van der Waals surface area contributed by atoms with Crippen molar-refractivity contribution in [1.82, 2.24) is 9.55 Å². The maximum Gasteiger partial charge on any atom is 0.244 e. The summed E-state index contributed by atoms with van der Waals surface area (Å²) >= 11 is 0. The molecule has 0 aliphatic carbocycles. The van der Waals surface area contributed by atoms with Crippen molar-refractivity contribution in [2.45, 2.75) is 58.0 Å². The van der Waals surface area contributed by atoms with E-state index in [1.807, 2.05) is 37.4 Å². The van der Waals surface area contributed by atoms with E-state index in [2.05, 4.69) is 14.9 Å². The molecule has 3 rings (SSSR count). The Morgan fingerprint density at radius 1 is 1.33 bits per heavy atom. The van der Waals surface area contributed by atoms with Crippen LogP contribution in [0, 0.1) is 0 Å². The van der Waals surface area contributed by atoms with Crippen molar-refractivity contribution in [1.29, 1.82) is 0 Å². The number of fused-ring (bicyclic) bond motifs is 1. The third kappa shape index (κ3) is 3.36. The molecule has 1 aromatic heterocycles. The molecule has 0 bridgehead atoms. The van der Waals surface area contributed by atoms with Crippen molar-refractivity contribution in [3.63, 3.8) is 0 Å². The minimum absolute atomic E-state index is 0.143. The molecule has 24 heavy (non-hydrogen) atoms. The summed E-state index contributed by atoms with van der Waals surface area (Å²) in [5, 5.41) is 2.91. The quantitative estimate of drug-likeness (QED) is 0.885. The molecule has 0 radical (unpaired) electrons. The van der Waals surface area contributed by atoms with Gasteiger partial charge in [0.1, 0.15) is 5.82 Å². The molecule has 128 valence electrons. The zero-order valence-electron chi connectivity index (χ0n) is 14.5. The number of carbonyl (C=O) groups is 1. The number of imidazole rings is 1. The van der Waals surface area contributed by atoms with E-state index in [0.717, 1.165) is 36.5 Å². The summed E-state index contributed by atoms with van der Waals surface area (Å²) in [4.78, 5) is 16.9. The molecule has 5 nitrogen and oxygen atoms in total. The van der Waals surface area contributed by atoms with Crippen LogP contribution in [-0.2, 0) is 17.8 Å². The van der Waals surface area contributed by atoms with Crippen molar-refractivity contribution in [3.05, 3.63) is 36.2 Å². The molecule has 1 aliphatic rings. The normalized spacial score (nSPS) is 16.3. The number of carbonyl (C=O) groups excluding carboxylic acids is 1. The summed E-state index contributed by atoms with van der Waals surface area (Å²) in [6.07, 6.45) is 7.08. The topological polar surface area (TPSA) is 72.9 Å². The Balaban J connectivity index is 1.74. The maximum atomic E-state index is 12.3. The minimum Gasteiger partial charge on any atom is -0.328 e. The van der Waals surface area contributed by atoms with E-state index in [0.29, 0.717) is 6.42 Å². The lowest BCUT2D eigenvalue weighted by atomic mass is 9.96. The smallest absolute Gasteiger partial charge is 0.244 e. The number of nitrogens with one attached hydrogen (secondary N) is 1. The lowest BCUT2D eigenvalue weighted by Crippen LogP contribution is -2.48. The Morgan fingerprint density at radius 2 is 2.08 bits per heavy atom. The van der Waals surface area contributed by atoms with Gasteiger partial charge in [-0.3, -0.25) is 4.79 Å². The largest absolute Gasteiger partial charge is 0.328 e. The Hall–Kier alpha value is -2.14. The van der Waals surface area contributed by atoms with E-state index in [4.69, 9.17) is 5.73 Å². The van der Waals surface area contributed by atoms with E-state index in [-0.39, 0.29) is 5.91 Å². The van der Waals surface area contributed by atoms with Crippen LogP contribution in [0.2, 0.25) is 0 Å². The monoisotopic (exact) mass is 326 g/mol. The molecule has 1 aliphatic heterocycles. The summed E-state index contributed by atoms with van der Waals surface area (Å²) in [5.41, 5.74) is 8.39. The van der Waals surface area contributed by atoms with Crippen LogP contribution in [0.25, 0.3) is 11.4 Å². The van der Waals surface area contributed by atoms with E-state index < -0.39 is 5.54 Å². The van der Waals surface area contributed by atoms with Gasteiger partial charge >= 0.3 is 0 Å². The van der Waals surface area contributed by atoms with Gasteiger partial charge in [-0.2, -0.15) is 0 Å². The van der Waals surface area contributed by atoms with Crippen molar-refractivity contribution in [3.8, 4) is 11.4 Å². The molecule has 0 saturated carbocycles. The fourth-order valence-corrected chi connectivity index (χ4v) is 3.28. The van der Waals surface area contributed by atoms with Crippen LogP contribution in [0.5, 0.6) is 0 Å². The highest BCUT2D eigenvalue weighted by Crippen LogP contribution is 2.25. The van der Waals surface area contributed by atoms with E-state index in [1.165, 1.54) is 18.5 Å². The number of hydrogen-bond acceptors (Lipinski definition) is 3. The summed E-state index contributed by atoms with van der Waals surface area (Å²) in [6.45, 7) is 4.83. The van der Waals surface area contributed by atoms with Crippen LogP contribution in [0.3, 0.4) is 0 Å². The molecule has 1 atom stereocenters. The van der Waals surface area contributed by atoms with Gasteiger partial charge < -0.3 is 15.6 Å². The lowest BCUT2D eigenvalue weighted by Gasteiger charge is -2.23. The Kier molecular flexibility index (Phi) is 4.71. The molecule has 0 fully saturated rings. The number of anilines is 1. The van der Waals surface area contributed by atoms with Gasteiger partial charge in [0, 0.05) is 29.7 Å². The fraction of sp³-hybridized carbons (Fsp3) is 0.474. The van der Waals surface area contributed by atoms with Gasteiger partial charge in [-0.05, 0) is 56.9 Å². The highest BCUT2D eigenvalue weighted by atomic mass is 16.2. The van der Waals surface area contributed by atoms with Crippen LogP contribution in [0.1, 0.15) is 45.2 Å². The number of hydrogen-bond donors (Lipinski definition) is 2. The Labute approximate surface area is 143 Å². The first kappa shape index (κ1) is 16.7. The number of aryl methyl sites for hydroxylation is 1. The van der Waals surface area contributed by atoms with Gasteiger partial charge in [-0.25, -0.2) is 4.98 Å². The van der Waals surface area contributed by atoms with Crippen molar-refractivity contribution < 1.29 is 4.79 Å². The summed E-state index contributed by atoms with van der Waals surface area (Å²) < 4.78 is 2.30. The molecule has 1 amide bonds. The van der Waals surface area contributed by atoms with Crippen LogP contribution in [-0.4, -0.2) is 21.0 Å². The first-order valence-electron chi connectivity index (χ1n) is 8.76. The van der Waals surface area contributed by atoms with Crippen molar-refractivity contribution in [2.24, 2.45) is 5.73 Å². The predicted molar refractivity (Wildman–Crippen MR) is 96.7 cm³/mol. The van der Waals surface area contributed by atoms with Crippen LogP contribution >= 0.6 is 0 Å². The molecule has 3 N–H and O–H groups in total. The van der Waals surface area contributed by atoms with E-state index in [1.54, 1.807) is 6.92 Å². The number of amides is 1. The van der Waals surface area contributed by atoms with E-state index in [9.17, 15) is 4.79 Å². The van der Waals surface area contributed by atoms with Gasteiger partial charge in [-0.1, -0.05) is 13.3 Å². The SMILES string of the molecule is CCCC(C)(N)C(=O)Nc1ccc(-c2ncc3n2CCCC3)cc1. The third-order valence-corrected chi connectivity index (χ3v) is 4.69. The second-order valence-corrected chi connectivity index (χ2v) is 6.88. The van der Waals surface area contributed by atoms with Gasteiger partial charge in [-0.15, -0.1) is 0 Å². The number of benzene rings is 1. The van der Waals surface area contributed by atoms with Crippen LogP contribution < -0.4 is 11.1 Å².